The first kappa shape index (κ1) is 6.61. The van der Waals surface area contributed by atoms with Crippen molar-refractivity contribution in [2.24, 2.45) is 7.05 Å². The lowest BCUT2D eigenvalue weighted by molar-refractivity contribution is 0.714. The van der Waals surface area contributed by atoms with E-state index in [4.69, 9.17) is 0 Å². The molecule has 1 aromatic heterocycles. The summed E-state index contributed by atoms with van der Waals surface area (Å²) in [6.45, 7) is 0. The number of aryl methyl sites for hydroxylation is 1. The van der Waals surface area contributed by atoms with E-state index in [0.717, 1.165) is 11.4 Å². The van der Waals surface area contributed by atoms with Crippen LogP contribution < -0.4 is 0 Å². The van der Waals surface area contributed by atoms with Gasteiger partial charge in [-0.1, -0.05) is 5.21 Å². The van der Waals surface area contributed by atoms with Gasteiger partial charge in [0.2, 0.25) is 0 Å². The summed E-state index contributed by atoms with van der Waals surface area (Å²) in [5.41, 5.74) is 1.05. The Balaban J connectivity index is 2.61. The topological polar surface area (TPSA) is 30.7 Å². The van der Waals surface area contributed by atoms with E-state index in [1.165, 1.54) is 0 Å². The molecule has 1 aromatic rings. The summed E-state index contributed by atoms with van der Waals surface area (Å²) < 4.78 is 1.71. The lowest BCUT2D eigenvalue weighted by Crippen LogP contribution is -1.85. The van der Waals surface area contributed by atoms with Crippen molar-refractivity contribution in [1.29, 1.82) is 0 Å². The van der Waals surface area contributed by atoms with Gasteiger partial charge in [-0.3, -0.25) is 4.68 Å². The standard InChI is InChI=1S/C5H9N3S/c1-8-3-5(4-9-2)6-7-8/h3H,4H2,1-2H3. The first-order chi connectivity index (χ1) is 4.33. The molecule has 1 heterocycles. The van der Waals surface area contributed by atoms with Gasteiger partial charge in [-0.05, 0) is 6.26 Å². The maximum Gasteiger partial charge on any atom is 0.0925 e. The van der Waals surface area contributed by atoms with E-state index < -0.39 is 0 Å². The number of rotatable bonds is 2. The van der Waals surface area contributed by atoms with E-state index in [1.54, 1.807) is 16.4 Å². The molecule has 0 spiro atoms. The normalized spacial score (nSPS) is 10.0. The molecule has 0 aliphatic carbocycles. The summed E-state index contributed by atoms with van der Waals surface area (Å²) >= 11 is 1.75. The third kappa shape index (κ3) is 1.71. The predicted octanol–water partition coefficient (Wildman–Crippen LogP) is 0.678. The molecule has 0 aromatic carbocycles. The second-order valence-corrected chi connectivity index (χ2v) is 2.68. The summed E-state index contributed by atoms with van der Waals surface area (Å²) in [4.78, 5) is 0. The van der Waals surface area contributed by atoms with E-state index >= 15 is 0 Å². The molecule has 1 rings (SSSR count). The zero-order valence-corrected chi connectivity index (χ0v) is 6.35. The van der Waals surface area contributed by atoms with E-state index in [2.05, 4.69) is 16.6 Å². The maximum absolute atomic E-state index is 3.90. The van der Waals surface area contributed by atoms with Gasteiger partial charge >= 0.3 is 0 Å². The van der Waals surface area contributed by atoms with Crippen LogP contribution >= 0.6 is 11.8 Å². The molecule has 50 valence electrons. The Hall–Kier alpha value is -0.510. The smallest absolute Gasteiger partial charge is 0.0925 e. The fourth-order valence-electron chi connectivity index (χ4n) is 0.609. The zero-order chi connectivity index (χ0) is 6.69. The van der Waals surface area contributed by atoms with Crippen molar-refractivity contribution >= 4 is 11.8 Å². The highest BCUT2D eigenvalue weighted by molar-refractivity contribution is 7.97. The van der Waals surface area contributed by atoms with Gasteiger partial charge in [-0.2, -0.15) is 11.8 Å². The minimum absolute atomic E-state index is 0.952. The molecule has 4 heteroatoms. The number of aromatic nitrogens is 3. The van der Waals surface area contributed by atoms with Crippen LogP contribution in [0.2, 0.25) is 0 Å². The van der Waals surface area contributed by atoms with Crippen LogP contribution in [0.5, 0.6) is 0 Å². The average Bonchev–Trinajstić information content (AvgIpc) is 2.17. The minimum Gasteiger partial charge on any atom is -0.255 e. The SMILES string of the molecule is CSCc1cn(C)nn1. The molecule has 0 atom stereocenters. The molecule has 0 aliphatic heterocycles. The number of nitrogens with zero attached hydrogens (tertiary/aromatic N) is 3. The molecule has 0 unspecified atom stereocenters. The molecular formula is C5H9N3S. The third-order valence-corrected chi connectivity index (χ3v) is 1.53. The van der Waals surface area contributed by atoms with Gasteiger partial charge < -0.3 is 0 Å². The first-order valence-electron chi connectivity index (χ1n) is 2.67. The van der Waals surface area contributed by atoms with Crippen LogP contribution in [0.25, 0.3) is 0 Å². The molecule has 0 saturated carbocycles. The summed E-state index contributed by atoms with van der Waals surface area (Å²) in [5.74, 6) is 0.952. The van der Waals surface area contributed by atoms with Crippen LogP contribution in [-0.2, 0) is 12.8 Å². The van der Waals surface area contributed by atoms with E-state index in [0.29, 0.717) is 0 Å². The van der Waals surface area contributed by atoms with Gasteiger partial charge in [0.15, 0.2) is 0 Å². The van der Waals surface area contributed by atoms with Gasteiger partial charge in [0.1, 0.15) is 0 Å². The minimum atomic E-state index is 0.952. The summed E-state index contributed by atoms with van der Waals surface area (Å²) in [6, 6.07) is 0. The highest BCUT2D eigenvalue weighted by Crippen LogP contribution is 2.02. The Morgan fingerprint density at radius 3 is 3.00 bits per heavy atom. The third-order valence-electron chi connectivity index (χ3n) is 0.942. The highest BCUT2D eigenvalue weighted by Gasteiger charge is 1.93. The molecule has 3 nitrogen and oxygen atoms in total. The molecule has 9 heavy (non-hydrogen) atoms. The Labute approximate surface area is 58.4 Å². The van der Waals surface area contributed by atoms with Crippen molar-refractivity contribution in [3.8, 4) is 0 Å². The van der Waals surface area contributed by atoms with Crippen LogP contribution in [-0.4, -0.2) is 21.2 Å². The quantitative estimate of drug-likeness (QED) is 0.610. The molecule has 0 aliphatic rings. The van der Waals surface area contributed by atoms with Crippen molar-refractivity contribution in [2.45, 2.75) is 5.75 Å². The van der Waals surface area contributed by atoms with E-state index in [1.807, 2.05) is 13.2 Å². The summed E-state index contributed by atoms with van der Waals surface area (Å²) in [5, 5.41) is 7.69. The fraction of sp³-hybridized carbons (Fsp3) is 0.600. The number of hydrogen-bond donors (Lipinski definition) is 0. The zero-order valence-electron chi connectivity index (χ0n) is 5.53. The largest absolute Gasteiger partial charge is 0.255 e. The van der Waals surface area contributed by atoms with Crippen molar-refractivity contribution in [2.75, 3.05) is 6.26 Å². The number of hydrogen-bond acceptors (Lipinski definition) is 3. The Bertz CT molecular complexity index is 184. The molecule has 0 amide bonds. The van der Waals surface area contributed by atoms with E-state index in [9.17, 15) is 0 Å². The molecule has 0 bridgehead atoms. The highest BCUT2D eigenvalue weighted by atomic mass is 32.2. The Kier molecular flexibility index (Phi) is 2.10. The van der Waals surface area contributed by atoms with Crippen LogP contribution in [0.15, 0.2) is 6.20 Å². The molecule has 0 radical (unpaired) electrons. The van der Waals surface area contributed by atoms with Crippen molar-refractivity contribution < 1.29 is 0 Å². The first-order valence-corrected chi connectivity index (χ1v) is 4.06. The molecule has 0 N–H and O–H groups in total. The predicted molar refractivity (Wildman–Crippen MR) is 38.2 cm³/mol. The van der Waals surface area contributed by atoms with Gasteiger partial charge in [0.05, 0.1) is 5.69 Å². The van der Waals surface area contributed by atoms with Crippen molar-refractivity contribution in [3.63, 3.8) is 0 Å². The molecular weight excluding hydrogens is 134 g/mol. The fourth-order valence-corrected chi connectivity index (χ4v) is 1.04. The van der Waals surface area contributed by atoms with Crippen LogP contribution in [0.4, 0.5) is 0 Å². The lowest BCUT2D eigenvalue weighted by Gasteiger charge is -1.84. The second kappa shape index (κ2) is 2.87. The van der Waals surface area contributed by atoms with E-state index in [-0.39, 0.29) is 0 Å². The second-order valence-electron chi connectivity index (χ2n) is 1.82. The Morgan fingerprint density at radius 1 is 1.78 bits per heavy atom. The van der Waals surface area contributed by atoms with Gasteiger partial charge in [0.25, 0.3) is 0 Å². The number of thioether (sulfide) groups is 1. The summed E-state index contributed by atoms with van der Waals surface area (Å²) in [6.07, 6.45) is 3.98. The van der Waals surface area contributed by atoms with Crippen molar-refractivity contribution in [3.05, 3.63) is 11.9 Å². The van der Waals surface area contributed by atoms with Gasteiger partial charge in [-0.15, -0.1) is 5.10 Å². The maximum atomic E-state index is 3.90. The Morgan fingerprint density at radius 2 is 2.56 bits per heavy atom. The lowest BCUT2D eigenvalue weighted by atomic mass is 10.6. The molecule has 0 saturated heterocycles. The monoisotopic (exact) mass is 143 g/mol. The van der Waals surface area contributed by atoms with Crippen LogP contribution in [0.1, 0.15) is 5.69 Å². The van der Waals surface area contributed by atoms with Crippen LogP contribution in [0, 0.1) is 0 Å². The molecule has 0 fully saturated rings. The van der Waals surface area contributed by atoms with Gasteiger partial charge in [-0.25, -0.2) is 0 Å². The van der Waals surface area contributed by atoms with Gasteiger partial charge in [0, 0.05) is 19.0 Å². The van der Waals surface area contributed by atoms with Crippen LogP contribution in [0.3, 0.4) is 0 Å². The summed E-state index contributed by atoms with van der Waals surface area (Å²) in [7, 11) is 1.87. The van der Waals surface area contributed by atoms with Crippen molar-refractivity contribution in [1.82, 2.24) is 15.0 Å². The average molecular weight is 143 g/mol.